The lowest BCUT2D eigenvalue weighted by molar-refractivity contribution is -0.140. The van der Waals surface area contributed by atoms with E-state index in [9.17, 15) is 19.8 Å². The van der Waals surface area contributed by atoms with Gasteiger partial charge in [0, 0.05) is 12.1 Å². The van der Waals surface area contributed by atoms with Crippen LogP contribution in [0.25, 0.3) is 0 Å². The van der Waals surface area contributed by atoms with Crippen LogP contribution in [0.2, 0.25) is 0 Å². The van der Waals surface area contributed by atoms with Gasteiger partial charge >= 0.3 is 5.97 Å². The van der Waals surface area contributed by atoms with Gasteiger partial charge in [-0.15, -0.1) is 0 Å². The Morgan fingerprint density at radius 1 is 1.53 bits per heavy atom. The van der Waals surface area contributed by atoms with E-state index in [-0.39, 0.29) is 12.2 Å². The lowest BCUT2D eigenvalue weighted by atomic mass is 10.1. The molecule has 0 bridgehead atoms. The number of carboxylic acids is 1. The van der Waals surface area contributed by atoms with E-state index >= 15 is 0 Å². The molecule has 1 aromatic carbocycles. The molecule has 4 N–H and O–H groups in total. The maximum atomic E-state index is 12.2. The zero-order valence-corrected chi connectivity index (χ0v) is 10.5. The van der Waals surface area contributed by atoms with Crippen LogP contribution in [0, 0.1) is 0 Å². The Bertz CT molecular complexity index is 529. The van der Waals surface area contributed by atoms with Crippen molar-refractivity contribution < 1.29 is 19.8 Å². The van der Waals surface area contributed by atoms with E-state index in [1.807, 2.05) is 0 Å². The van der Waals surface area contributed by atoms with E-state index in [0.717, 1.165) is 0 Å². The highest BCUT2D eigenvalue weighted by Crippen LogP contribution is 2.35. The number of hydrogen-bond donors (Lipinski definition) is 3. The Hall–Kier alpha value is -2.08. The van der Waals surface area contributed by atoms with Crippen LogP contribution in [0.4, 0.5) is 5.69 Å². The number of aliphatic carboxylic acids is 1. The number of hydrogen-bond acceptors (Lipinski definition) is 4. The van der Waals surface area contributed by atoms with Crippen LogP contribution in [0.5, 0.6) is 5.75 Å². The van der Waals surface area contributed by atoms with Gasteiger partial charge in [-0.1, -0.05) is 6.92 Å². The number of anilines is 1. The van der Waals surface area contributed by atoms with Gasteiger partial charge in [0.05, 0.1) is 6.04 Å². The summed E-state index contributed by atoms with van der Waals surface area (Å²) in [5.41, 5.74) is 6.87. The minimum absolute atomic E-state index is 0.0528. The van der Waals surface area contributed by atoms with E-state index in [2.05, 4.69) is 0 Å². The fraction of sp³-hybridized carbons (Fsp3) is 0.385. The lowest BCUT2D eigenvalue weighted by Gasteiger charge is -2.25. The molecule has 6 nitrogen and oxygen atoms in total. The predicted octanol–water partition coefficient (Wildman–Crippen LogP) is 0.472. The van der Waals surface area contributed by atoms with Gasteiger partial charge in [0.2, 0.25) is 5.91 Å². The second-order valence-corrected chi connectivity index (χ2v) is 4.59. The highest BCUT2D eigenvalue weighted by Gasteiger charge is 2.39. The van der Waals surface area contributed by atoms with Crippen LogP contribution in [0.1, 0.15) is 18.9 Å². The highest BCUT2D eigenvalue weighted by molar-refractivity contribution is 6.04. The average Bonchev–Trinajstić information content (AvgIpc) is 2.75. The van der Waals surface area contributed by atoms with E-state index in [4.69, 9.17) is 5.73 Å². The summed E-state index contributed by atoms with van der Waals surface area (Å²) in [5, 5.41) is 18.7. The van der Waals surface area contributed by atoms with Crippen molar-refractivity contribution in [2.45, 2.75) is 31.8 Å². The molecule has 1 amide bonds. The minimum atomic E-state index is -1.08. The second kappa shape index (κ2) is 4.89. The molecule has 0 saturated heterocycles. The minimum Gasteiger partial charge on any atom is -0.508 e. The number of carbonyl (C=O) groups is 2. The molecule has 1 aliphatic rings. The molecular weight excluding hydrogens is 248 g/mol. The molecule has 1 aromatic rings. The summed E-state index contributed by atoms with van der Waals surface area (Å²) in [6, 6.07) is 2.79. The van der Waals surface area contributed by atoms with Crippen molar-refractivity contribution in [3.63, 3.8) is 0 Å². The maximum absolute atomic E-state index is 12.2. The summed E-state index contributed by atoms with van der Waals surface area (Å²) in [7, 11) is 0. The fourth-order valence-corrected chi connectivity index (χ4v) is 2.26. The van der Waals surface area contributed by atoms with Crippen LogP contribution < -0.4 is 10.6 Å². The summed E-state index contributed by atoms with van der Waals surface area (Å²) in [5.74, 6) is -1.43. The molecule has 0 aliphatic carbocycles. The SMILES string of the molecule is CC[C@H](N)C(=O)N1c2ccc(O)cc2C[C@@H]1C(=O)O. The number of nitrogens with zero attached hydrogens (tertiary/aromatic N) is 1. The quantitative estimate of drug-likeness (QED) is 0.736. The van der Waals surface area contributed by atoms with Crippen LogP contribution in [0.3, 0.4) is 0 Å². The van der Waals surface area contributed by atoms with Crippen LogP contribution in [-0.2, 0) is 16.0 Å². The van der Waals surface area contributed by atoms with Crippen molar-refractivity contribution >= 4 is 17.6 Å². The molecule has 0 fully saturated rings. The zero-order chi connectivity index (χ0) is 14.2. The molecular formula is C13H16N2O4. The van der Waals surface area contributed by atoms with Crippen LogP contribution in [-0.4, -0.2) is 34.2 Å². The summed E-state index contributed by atoms with van der Waals surface area (Å²) in [6.45, 7) is 1.77. The second-order valence-electron chi connectivity index (χ2n) is 4.59. The van der Waals surface area contributed by atoms with Crippen molar-refractivity contribution in [3.05, 3.63) is 23.8 Å². The molecule has 0 spiro atoms. The molecule has 0 saturated carbocycles. The number of amides is 1. The first-order valence-corrected chi connectivity index (χ1v) is 6.09. The topological polar surface area (TPSA) is 104 Å². The first-order chi connectivity index (χ1) is 8.95. The van der Waals surface area contributed by atoms with Crippen molar-refractivity contribution in [1.82, 2.24) is 0 Å². The number of phenols is 1. The Morgan fingerprint density at radius 3 is 2.79 bits per heavy atom. The normalized spacial score (nSPS) is 19.1. The summed E-state index contributed by atoms with van der Waals surface area (Å²) >= 11 is 0. The van der Waals surface area contributed by atoms with Gasteiger partial charge in [-0.25, -0.2) is 4.79 Å². The van der Waals surface area contributed by atoms with Gasteiger partial charge in [0.15, 0.2) is 0 Å². The molecule has 0 unspecified atom stereocenters. The summed E-state index contributed by atoms with van der Waals surface area (Å²) in [4.78, 5) is 24.7. The molecule has 2 rings (SSSR count). The monoisotopic (exact) mass is 264 g/mol. The zero-order valence-electron chi connectivity index (χ0n) is 10.5. The first kappa shape index (κ1) is 13.4. The third-order valence-electron chi connectivity index (χ3n) is 3.33. The molecule has 19 heavy (non-hydrogen) atoms. The standard InChI is InChI=1S/C13H16N2O4/c1-2-9(14)12(17)15-10-4-3-8(16)5-7(10)6-11(15)13(18)19/h3-5,9,11,16H,2,6,14H2,1H3,(H,18,19)/t9-,11+/m0/s1. The number of fused-ring (bicyclic) bond motifs is 1. The number of carbonyl (C=O) groups excluding carboxylic acids is 1. The number of rotatable bonds is 3. The molecule has 0 aromatic heterocycles. The van der Waals surface area contributed by atoms with Crippen molar-refractivity contribution in [2.75, 3.05) is 4.90 Å². The molecule has 0 radical (unpaired) electrons. The molecule has 1 heterocycles. The van der Waals surface area contributed by atoms with Crippen molar-refractivity contribution in [3.8, 4) is 5.75 Å². The summed E-state index contributed by atoms with van der Waals surface area (Å²) in [6.07, 6.45) is 0.621. The van der Waals surface area contributed by atoms with Crippen LogP contribution >= 0.6 is 0 Å². The molecule has 2 atom stereocenters. The third-order valence-corrected chi connectivity index (χ3v) is 3.33. The van der Waals surface area contributed by atoms with E-state index in [0.29, 0.717) is 17.7 Å². The van der Waals surface area contributed by atoms with Gasteiger partial charge in [0.1, 0.15) is 11.8 Å². The van der Waals surface area contributed by atoms with Crippen molar-refractivity contribution in [2.24, 2.45) is 5.73 Å². The van der Waals surface area contributed by atoms with E-state index in [1.54, 1.807) is 13.0 Å². The smallest absolute Gasteiger partial charge is 0.327 e. The Labute approximate surface area is 110 Å². The Kier molecular flexibility index (Phi) is 3.44. The lowest BCUT2D eigenvalue weighted by Crippen LogP contribution is -2.49. The van der Waals surface area contributed by atoms with Gasteiger partial charge in [-0.05, 0) is 30.2 Å². The van der Waals surface area contributed by atoms with Gasteiger partial charge in [0.25, 0.3) is 0 Å². The maximum Gasteiger partial charge on any atom is 0.327 e. The molecule has 6 heteroatoms. The fourth-order valence-electron chi connectivity index (χ4n) is 2.26. The molecule has 102 valence electrons. The Balaban J connectivity index is 2.43. The van der Waals surface area contributed by atoms with Gasteiger partial charge < -0.3 is 15.9 Å². The number of phenolic OH excluding ortho intramolecular Hbond substituents is 1. The Morgan fingerprint density at radius 2 is 2.21 bits per heavy atom. The van der Waals surface area contributed by atoms with E-state index in [1.165, 1.54) is 17.0 Å². The number of nitrogens with two attached hydrogens (primary N) is 1. The third kappa shape index (κ3) is 2.26. The van der Waals surface area contributed by atoms with Crippen molar-refractivity contribution in [1.29, 1.82) is 0 Å². The first-order valence-electron chi connectivity index (χ1n) is 6.09. The van der Waals surface area contributed by atoms with Gasteiger partial charge in [-0.3, -0.25) is 9.69 Å². The van der Waals surface area contributed by atoms with Gasteiger partial charge in [-0.2, -0.15) is 0 Å². The van der Waals surface area contributed by atoms with Crippen LogP contribution in [0.15, 0.2) is 18.2 Å². The molecule has 1 aliphatic heterocycles. The number of carboxylic acid groups (broad SMARTS) is 1. The summed E-state index contributed by atoms with van der Waals surface area (Å²) < 4.78 is 0. The number of benzene rings is 1. The highest BCUT2D eigenvalue weighted by atomic mass is 16.4. The van der Waals surface area contributed by atoms with E-state index < -0.39 is 24.0 Å². The number of aromatic hydroxyl groups is 1. The average molecular weight is 264 g/mol. The largest absolute Gasteiger partial charge is 0.508 e. The predicted molar refractivity (Wildman–Crippen MR) is 69.0 cm³/mol.